The Kier molecular flexibility index (Phi) is 5.08. The molecule has 4 rings (SSSR count). The minimum absolute atomic E-state index is 0.251. The van der Waals surface area contributed by atoms with Gasteiger partial charge in [-0.1, -0.05) is 0 Å². The lowest BCUT2D eigenvalue weighted by Gasteiger charge is -2.16. The van der Waals surface area contributed by atoms with Crippen LogP contribution in [0.15, 0.2) is 46.1 Å². The third-order valence-electron chi connectivity index (χ3n) is 5.16. The average Bonchev–Trinajstić information content (AvgIpc) is 3.17. The van der Waals surface area contributed by atoms with Gasteiger partial charge in [0.05, 0.1) is 5.69 Å². The molecule has 1 aromatic carbocycles. The lowest BCUT2D eigenvalue weighted by molar-refractivity contribution is -0.274. The molecular formula is C21H19F3N4O3. The van der Waals surface area contributed by atoms with Gasteiger partial charge in [-0.25, -0.2) is 0 Å². The largest absolute Gasteiger partial charge is 0.573 e. The second-order valence-corrected chi connectivity index (χ2v) is 7.34. The standard InChI is InChI=1S/C21H19F3N4O3/c1-12-11-13(31-21(22,23)24)8-9-17(12)28-19(29)15-6-3-5-14(15)18(26-28)25-16-7-4-10-27(2)20(16)30/h4,7-11H,3,5-6H2,1-2H3,(H,25,26). The topological polar surface area (TPSA) is 78.2 Å². The van der Waals surface area contributed by atoms with Crippen LogP contribution >= 0.6 is 0 Å². The summed E-state index contributed by atoms with van der Waals surface area (Å²) in [6.07, 6.45) is -1.21. The summed E-state index contributed by atoms with van der Waals surface area (Å²) in [7, 11) is 1.63. The van der Waals surface area contributed by atoms with Crippen molar-refractivity contribution in [2.24, 2.45) is 7.05 Å². The van der Waals surface area contributed by atoms with Crippen molar-refractivity contribution < 1.29 is 17.9 Å². The zero-order valence-electron chi connectivity index (χ0n) is 16.8. The van der Waals surface area contributed by atoms with Crippen molar-refractivity contribution in [3.05, 3.63) is 73.9 Å². The van der Waals surface area contributed by atoms with Gasteiger partial charge >= 0.3 is 6.36 Å². The van der Waals surface area contributed by atoms with Crippen LogP contribution in [-0.4, -0.2) is 20.7 Å². The molecule has 0 bridgehead atoms. The number of nitrogens with zero attached hydrogens (tertiary/aromatic N) is 3. The summed E-state index contributed by atoms with van der Waals surface area (Å²) in [5, 5.41) is 7.46. The van der Waals surface area contributed by atoms with Crippen LogP contribution in [0.25, 0.3) is 5.69 Å². The third kappa shape index (κ3) is 4.05. The van der Waals surface area contributed by atoms with Gasteiger partial charge in [-0.3, -0.25) is 9.59 Å². The highest BCUT2D eigenvalue weighted by atomic mass is 19.4. The molecule has 2 aromatic heterocycles. The van der Waals surface area contributed by atoms with Crippen LogP contribution in [0.4, 0.5) is 24.7 Å². The number of hydrogen-bond acceptors (Lipinski definition) is 5. The molecule has 0 saturated heterocycles. The number of fused-ring (bicyclic) bond motifs is 1. The number of ether oxygens (including phenoxy) is 1. The van der Waals surface area contributed by atoms with Crippen LogP contribution in [0, 0.1) is 6.92 Å². The molecule has 31 heavy (non-hydrogen) atoms. The maximum Gasteiger partial charge on any atom is 0.573 e. The Hall–Kier alpha value is -3.56. The van der Waals surface area contributed by atoms with Gasteiger partial charge in [-0.2, -0.15) is 4.68 Å². The van der Waals surface area contributed by atoms with Crippen molar-refractivity contribution in [1.29, 1.82) is 0 Å². The van der Waals surface area contributed by atoms with E-state index < -0.39 is 6.36 Å². The molecule has 2 heterocycles. The van der Waals surface area contributed by atoms with Crippen LogP contribution in [0.3, 0.4) is 0 Å². The van der Waals surface area contributed by atoms with Crippen molar-refractivity contribution in [3.8, 4) is 11.4 Å². The van der Waals surface area contributed by atoms with E-state index in [1.165, 1.54) is 16.7 Å². The van der Waals surface area contributed by atoms with E-state index in [9.17, 15) is 22.8 Å². The van der Waals surface area contributed by atoms with Gasteiger partial charge in [0, 0.05) is 24.4 Å². The summed E-state index contributed by atoms with van der Waals surface area (Å²) in [5.74, 6) is -0.000456. The molecule has 0 spiro atoms. The quantitative estimate of drug-likeness (QED) is 0.684. The van der Waals surface area contributed by atoms with Crippen LogP contribution < -0.4 is 21.2 Å². The molecule has 0 atom stereocenters. The second kappa shape index (κ2) is 7.60. The Morgan fingerprint density at radius 3 is 2.55 bits per heavy atom. The lowest BCUT2D eigenvalue weighted by atomic mass is 10.1. The first-order chi connectivity index (χ1) is 14.6. The summed E-state index contributed by atoms with van der Waals surface area (Å²) in [4.78, 5) is 25.4. The SMILES string of the molecule is Cc1cc(OC(F)(F)F)ccc1-n1nc(Nc2cccn(C)c2=O)c2c(c1=O)CCC2. The molecule has 0 unspecified atom stereocenters. The van der Waals surface area contributed by atoms with Gasteiger partial charge in [-0.05, 0) is 62.1 Å². The molecule has 1 aliphatic carbocycles. The molecule has 162 valence electrons. The Morgan fingerprint density at radius 2 is 1.84 bits per heavy atom. The smallest absolute Gasteiger partial charge is 0.406 e. The zero-order valence-corrected chi connectivity index (χ0v) is 16.8. The minimum Gasteiger partial charge on any atom is -0.406 e. The first kappa shape index (κ1) is 20.7. The highest BCUT2D eigenvalue weighted by molar-refractivity contribution is 5.61. The first-order valence-corrected chi connectivity index (χ1v) is 9.58. The van der Waals surface area contributed by atoms with Crippen LogP contribution in [-0.2, 0) is 19.9 Å². The number of aromatic nitrogens is 3. The monoisotopic (exact) mass is 432 g/mol. The molecule has 10 heteroatoms. The van der Waals surface area contributed by atoms with Crippen molar-refractivity contribution >= 4 is 11.5 Å². The molecule has 0 radical (unpaired) electrons. The molecule has 7 nitrogen and oxygen atoms in total. The summed E-state index contributed by atoms with van der Waals surface area (Å²) in [6.45, 7) is 1.57. The van der Waals surface area contributed by atoms with Crippen molar-refractivity contribution in [1.82, 2.24) is 14.3 Å². The Balaban J connectivity index is 1.81. The van der Waals surface area contributed by atoms with Crippen molar-refractivity contribution in [2.45, 2.75) is 32.5 Å². The Bertz CT molecular complexity index is 1280. The van der Waals surface area contributed by atoms with Crippen LogP contribution in [0.2, 0.25) is 0 Å². The summed E-state index contributed by atoms with van der Waals surface area (Å²) in [5.41, 5.74) is 1.78. The fourth-order valence-electron chi connectivity index (χ4n) is 3.72. The highest BCUT2D eigenvalue weighted by Crippen LogP contribution is 2.29. The van der Waals surface area contributed by atoms with E-state index in [4.69, 9.17) is 0 Å². The zero-order chi connectivity index (χ0) is 22.3. The van der Waals surface area contributed by atoms with Crippen molar-refractivity contribution in [3.63, 3.8) is 0 Å². The number of nitrogens with one attached hydrogen (secondary N) is 1. The summed E-state index contributed by atoms with van der Waals surface area (Å²) in [6, 6.07) is 7.03. The van der Waals surface area contributed by atoms with E-state index >= 15 is 0 Å². The first-order valence-electron chi connectivity index (χ1n) is 9.58. The van der Waals surface area contributed by atoms with Gasteiger partial charge in [0.15, 0.2) is 5.82 Å². The molecule has 0 aliphatic heterocycles. The fraction of sp³-hybridized carbons (Fsp3) is 0.286. The van der Waals surface area contributed by atoms with Crippen molar-refractivity contribution in [2.75, 3.05) is 5.32 Å². The van der Waals surface area contributed by atoms with E-state index in [1.807, 2.05) is 0 Å². The number of pyridine rings is 1. The number of benzene rings is 1. The van der Waals surface area contributed by atoms with E-state index in [1.54, 1.807) is 32.3 Å². The molecule has 0 amide bonds. The lowest BCUT2D eigenvalue weighted by Crippen LogP contribution is -2.28. The number of anilines is 2. The number of alkyl halides is 3. The Morgan fingerprint density at radius 1 is 1.10 bits per heavy atom. The molecule has 1 N–H and O–H groups in total. The average molecular weight is 432 g/mol. The van der Waals surface area contributed by atoms with Gasteiger partial charge in [-0.15, -0.1) is 18.3 Å². The molecule has 0 fully saturated rings. The van der Waals surface area contributed by atoms with E-state index in [2.05, 4.69) is 15.2 Å². The Labute approximate surface area is 174 Å². The van der Waals surface area contributed by atoms with Gasteiger partial charge in [0.1, 0.15) is 11.4 Å². The maximum absolute atomic E-state index is 13.0. The van der Waals surface area contributed by atoms with E-state index in [0.717, 1.165) is 22.7 Å². The van der Waals surface area contributed by atoms with Gasteiger partial charge in [0.25, 0.3) is 11.1 Å². The summed E-state index contributed by atoms with van der Waals surface area (Å²) >= 11 is 0. The number of rotatable bonds is 4. The maximum atomic E-state index is 13.0. The number of halogens is 3. The van der Waals surface area contributed by atoms with E-state index in [0.29, 0.717) is 41.2 Å². The second-order valence-electron chi connectivity index (χ2n) is 7.34. The van der Waals surface area contributed by atoms with Crippen LogP contribution in [0.1, 0.15) is 23.1 Å². The number of hydrogen-bond donors (Lipinski definition) is 1. The molecule has 1 aliphatic rings. The fourth-order valence-corrected chi connectivity index (χ4v) is 3.72. The van der Waals surface area contributed by atoms with E-state index in [-0.39, 0.29) is 16.9 Å². The van der Waals surface area contributed by atoms with Gasteiger partial charge < -0.3 is 14.6 Å². The summed E-state index contributed by atoms with van der Waals surface area (Å²) < 4.78 is 44.0. The molecule has 3 aromatic rings. The minimum atomic E-state index is -4.81. The third-order valence-corrected chi connectivity index (χ3v) is 5.16. The normalized spacial score (nSPS) is 13.2. The van der Waals surface area contributed by atoms with Gasteiger partial charge in [0.2, 0.25) is 0 Å². The molecular weight excluding hydrogens is 413 g/mol. The van der Waals surface area contributed by atoms with Crippen LogP contribution in [0.5, 0.6) is 5.75 Å². The molecule has 0 saturated carbocycles. The predicted molar refractivity (Wildman–Crippen MR) is 108 cm³/mol. The predicted octanol–water partition coefficient (Wildman–Crippen LogP) is 3.37. The number of aryl methyl sites for hydroxylation is 2. The highest BCUT2D eigenvalue weighted by Gasteiger charge is 2.31.